The Kier molecular flexibility index (Phi) is 5.69. The maximum absolute atomic E-state index is 12.6. The van der Waals surface area contributed by atoms with Crippen LogP contribution < -0.4 is 4.74 Å². The largest absolute Gasteiger partial charge is 0.494 e. The van der Waals surface area contributed by atoms with E-state index >= 15 is 0 Å². The van der Waals surface area contributed by atoms with Gasteiger partial charge in [-0.2, -0.15) is 0 Å². The number of hydrogen-bond donors (Lipinski definition) is 0. The highest BCUT2D eigenvalue weighted by Crippen LogP contribution is 2.24. The van der Waals surface area contributed by atoms with Crippen LogP contribution in [0.3, 0.4) is 0 Å². The van der Waals surface area contributed by atoms with E-state index in [1.165, 1.54) is 10.2 Å². The summed E-state index contributed by atoms with van der Waals surface area (Å²) in [5, 5.41) is 0. The number of ether oxygens (including phenoxy) is 1. The van der Waals surface area contributed by atoms with Crippen molar-refractivity contribution in [2.75, 3.05) is 6.61 Å². The molecule has 4 nitrogen and oxygen atoms in total. The second-order valence-electron chi connectivity index (χ2n) is 5.00. The zero-order valence-electron chi connectivity index (χ0n) is 12.5. The fourth-order valence-electron chi connectivity index (χ4n) is 2.03. The van der Waals surface area contributed by atoms with Crippen molar-refractivity contribution < 1.29 is 13.2 Å². The molecule has 0 aliphatic rings. The molecule has 1 aromatic carbocycles. The normalized spacial score (nSPS) is 11.6. The number of hydrogen-bond acceptors (Lipinski definition) is 3. The van der Waals surface area contributed by atoms with Crippen molar-refractivity contribution in [3.8, 4) is 5.75 Å². The van der Waals surface area contributed by atoms with E-state index < -0.39 is 10.0 Å². The summed E-state index contributed by atoms with van der Waals surface area (Å²) in [6.07, 6.45) is 4.66. The fourth-order valence-corrected chi connectivity index (χ4v) is 4.30. The number of unbranched alkanes of at least 4 members (excludes halogenated alkanes) is 2. The maximum Gasteiger partial charge on any atom is 0.268 e. The fraction of sp³-hybridized carbons (Fsp3) is 0.312. The molecule has 0 bridgehead atoms. The molecule has 1 radical (unpaired) electrons. The van der Waals surface area contributed by atoms with Crippen molar-refractivity contribution in [1.82, 2.24) is 3.97 Å². The highest BCUT2D eigenvalue weighted by atomic mass is 79.9. The van der Waals surface area contributed by atoms with Gasteiger partial charge in [0.15, 0.2) is 0 Å². The van der Waals surface area contributed by atoms with Gasteiger partial charge in [-0.15, -0.1) is 0 Å². The molecule has 0 N–H and O–H groups in total. The van der Waals surface area contributed by atoms with Gasteiger partial charge in [-0.1, -0.05) is 25.8 Å². The third-order valence-electron chi connectivity index (χ3n) is 3.18. The first kappa shape index (κ1) is 17.1. The molecule has 1 aromatic heterocycles. The van der Waals surface area contributed by atoms with E-state index in [0.29, 0.717) is 22.5 Å². The Morgan fingerprint density at radius 1 is 1.27 bits per heavy atom. The molecule has 0 saturated heterocycles. The van der Waals surface area contributed by atoms with Gasteiger partial charge in [0, 0.05) is 12.3 Å². The van der Waals surface area contributed by atoms with Crippen LogP contribution in [0.1, 0.15) is 31.7 Å². The summed E-state index contributed by atoms with van der Waals surface area (Å²) in [6, 6.07) is 8.22. The second kappa shape index (κ2) is 7.33. The zero-order chi connectivity index (χ0) is 16.2. The molecule has 119 valence electrons. The number of benzene rings is 1. The monoisotopic (exact) mass is 384 g/mol. The van der Waals surface area contributed by atoms with Crippen molar-refractivity contribution in [2.24, 2.45) is 0 Å². The molecule has 0 aliphatic carbocycles. The lowest BCUT2D eigenvalue weighted by Gasteiger charge is -2.10. The van der Waals surface area contributed by atoms with Crippen molar-refractivity contribution >= 4 is 26.0 Å². The molecule has 0 atom stereocenters. The Balaban J connectivity index is 2.23. The average molecular weight is 385 g/mol. The predicted octanol–water partition coefficient (Wildman–Crippen LogP) is 4.24. The molecule has 0 spiro atoms. The highest BCUT2D eigenvalue weighted by molar-refractivity contribution is 9.10. The van der Waals surface area contributed by atoms with Gasteiger partial charge >= 0.3 is 0 Å². The van der Waals surface area contributed by atoms with E-state index in [0.717, 1.165) is 19.3 Å². The minimum absolute atomic E-state index is 0.191. The van der Waals surface area contributed by atoms with Crippen molar-refractivity contribution in [3.05, 3.63) is 53.6 Å². The number of halogens is 1. The molecule has 22 heavy (non-hydrogen) atoms. The van der Waals surface area contributed by atoms with Crippen LogP contribution in [0.5, 0.6) is 5.75 Å². The summed E-state index contributed by atoms with van der Waals surface area (Å²) in [5.74, 6) is 0.565. The Hall–Kier alpha value is -1.27. The molecule has 2 aromatic rings. The molecule has 0 fully saturated rings. The maximum atomic E-state index is 12.6. The number of nitrogens with zero attached hydrogens (tertiary/aromatic N) is 1. The first-order chi connectivity index (χ1) is 10.4. The van der Waals surface area contributed by atoms with Gasteiger partial charge in [0.2, 0.25) is 0 Å². The van der Waals surface area contributed by atoms with Crippen LogP contribution in [0.2, 0.25) is 0 Å². The van der Waals surface area contributed by atoms with Crippen LogP contribution in [0, 0.1) is 6.92 Å². The highest BCUT2D eigenvalue weighted by Gasteiger charge is 2.20. The Labute approximate surface area is 140 Å². The smallest absolute Gasteiger partial charge is 0.268 e. The van der Waals surface area contributed by atoms with E-state index in [1.54, 1.807) is 30.3 Å². The first-order valence-electron chi connectivity index (χ1n) is 7.13. The van der Waals surface area contributed by atoms with E-state index in [2.05, 4.69) is 29.8 Å². The van der Waals surface area contributed by atoms with Gasteiger partial charge in [0.05, 0.1) is 11.5 Å². The number of rotatable bonds is 7. The van der Waals surface area contributed by atoms with Crippen molar-refractivity contribution in [2.45, 2.75) is 31.1 Å². The summed E-state index contributed by atoms with van der Waals surface area (Å²) in [7, 11) is -3.66. The van der Waals surface area contributed by atoms with Gasteiger partial charge in [-0.25, -0.2) is 12.4 Å². The standard InChI is InChI=1S/C16H19BrNO3S/c1-3-4-5-9-21-14-7-6-8-15(11-14)22(19,20)18-12-13(2)10-16(18)17/h6-8,10-12H,2-5,9H2,1H3. The van der Waals surface area contributed by atoms with Crippen LogP contribution >= 0.6 is 15.9 Å². The van der Waals surface area contributed by atoms with Crippen LogP contribution in [0.4, 0.5) is 0 Å². The summed E-state index contributed by atoms with van der Waals surface area (Å²) < 4.78 is 32.5. The molecule has 6 heteroatoms. The lowest BCUT2D eigenvalue weighted by atomic mass is 10.3. The predicted molar refractivity (Wildman–Crippen MR) is 90.6 cm³/mol. The van der Waals surface area contributed by atoms with Gasteiger partial charge < -0.3 is 4.74 Å². The second-order valence-corrected chi connectivity index (χ2v) is 7.63. The third-order valence-corrected chi connectivity index (χ3v) is 5.69. The summed E-state index contributed by atoms with van der Waals surface area (Å²) in [6.45, 7) is 6.46. The van der Waals surface area contributed by atoms with Gasteiger partial charge in [0.1, 0.15) is 10.4 Å². The summed E-state index contributed by atoms with van der Waals surface area (Å²) in [4.78, 5) is 0.191. The molecule has 0 amide bonds. The van der Waals surface area contributed by atoms with E-state index in [-0.39, 0.29) is 4.90 Å². The molecule has 2 rings (SSSR count). The van der Waals surface area contributed by atoms with E-state index in [1.807, 2.05) is 0 Å². The van der Waals surface area contributed by atoms with Gasteiger partial charge in [-0.05, 0) is 53.0 Å². The van der Waals surface area contributed by atoms with Crippen molar-refractivity contribution in [3.63, 3.8) is 0 Å². The Morgan fingerprint density at radius 2 is 2.05 bits per heavy atom. The molecule has 0 aliphatic heterocycles. The summed E-state index contributed by atoms with van der Waals surface area (Å²) >= 11 is 3.24. The average Bonchev–Trinajstić information content (AvgIpc) is 2.83. The summed E-state index contributed by atoms with van der Waals surface area (Å²) in [5.41, 5.74) is 0.627. The van der Waals surface area contributed by atoms with Gasteiger partial charge in [0.25, 0.3) is 10.0 Å². The van der Waals surface area contributed by atoms with Crippen LogP contribution in [0.15, 0.2) is 46.0 Å². The zero-order valence-corrected chi connectivity index (χ0v) is 14.9. The van der Waals surface area contributed by atoms with Crippen LogP contribution in [-0.2, 0) is 10.0 Å². The van der Waals surface area contributed by atoms with Crippen LogP contribution in [-0.4, -0.2) is 19.0 Å². The SMILES string of the molecule is [CH2]c1cc(Br)n(S(=O)(=O)c2cccc(OCCCCC)c2)c1. The van der Waals surface area contributed by atoms with Gasteiger partial charge in [-0.3, -0.25) is 0 Å². The molecular formula is C16H19BrNO3S. The molecule has 1 heterocycles. The van der Waals surface area contributed by atoms with Crippen molar-refractivity contribution in [1.29, 1.82) is 0 Å². The Bertz CT molecular complexity index is 738. The molecule has 0 unspecified atom stereocenters. The molecular weight excluding hydrogens is 366 g/mol. The minimum atomic E-state index is -3.66. The van der Waals surface area contributed by atoms with Crippen LogP contribution in [0.25, 0.3) is 0 Å². The number of aromatic nitrogens is 1. The quantitative estimate of drug-likeness (QED) is 0.670. The minimum Gasteiger partial charge on any atom is -0.494 e. The molecule has 0 saturated carbocycles. The Morgan fingerprint density at radius 3 is 2.68 bits per heavy atom. The topological polar surface area (TPSA) is 48.3 Å². The van der Waals surface area contributed by atoms with E-state index in [9.17, 15) is 8.42 Å². The third kappa shape index (κ3) is 3.93. The first-order valence-corrected chi connectivity index (χ1v) is 9.36. The van der Waals surface area contributed by atoms with E-state index in [4.69, 9.17) is 4.74 Å². The lowest BCUT2D eigenvalue weighted by molar-refractivity contribution is 0.305. The lowest BCUT2D eigenvalue weighted by Crippen LogP contribution is -2.12.